The minimum absolute atomic E-state index is 0.290. The number of hydrogen-bond acceptors (Lipinski definition) is 4. The second-order valence-electron chi connectivity index (χ2n) is 6.23. The molecule has 2 N–H and O–H groups in total. The Labute approximate surface area is 151 Å². The van der Waals surface area contributed by atoms with Gasteiger partial charge in [-0.2, -0.15) is 18.3 Å². The van der Waals surface area contributed by atoms with E-state index in [1.165, 1.54) is 12.4 Å². The maximum atomic E-state index is 13.1. The molecule has 27 heavy (non-hydrogen) atoms. The zero-order valence-corrected chi connectivity index (χ0v) is 14.1. The molecule has 144 valence electrons. The van der Waals surface area contributed by atoms with E-state index in [0.29, 0.717) is 11.3 Å². The Kier molecular flexibility index (Phi) is 4.77. The summed E-state index contributed by atoms with van der Waals surface area (Å²) in [7, 11) is 1.71. The van der Waals surface area contributed by atoms with Gasteiger partial charge in [0.1, 0.15) is 0 Å². The Balaban J connectivity index is 1.80. The van der Waals surface area contributed by atoms with Crippen molar-refractivity contribution < 1.29 is 27.9 Å². The van der Waals surface area contributed by atoms with E-state index in [2.05, 4.69) is 15.4 Å². The summed E-state index contributed by atoms with van der Waals surface area (Å²) >= 11 is 0. The van der Waals surface area contributed by atoms with Crippen molar-refractivity contribution >= 4 is 17.7 Å². The van der Waals surface area contributed by atoms with E-state index in [1.54, 1.807) is 30.1 Å². The van der Waals surface area contributed by atoms with E-state index in [1.807, 2.05) is 0 Å². The van der Waals surface area contributed by atoms with Crippen LogP contribution in [0.25, 0.3) is 11.3 Å². The van der Waals surface area contributed by atoms with Crippen LogP contribution in [0.3, 0.4) is 0 Å². The molecule has 0 bridgehead atoms. The fraction of sp³-hybridized carbons (Fsp3) is 0.375. The van der Waals surface area contributed by atoms with E-state index in [0.717, 1.165) is 4.90 Å². The van der Waals surface area contributed by atoms with Crippen molar-refractivity contribution in [1.29, 1.82) is 0 Å². The van der Waals surface area contributed by atoms with Crippen LogP contribution in [0, 0.1) is 11.8 Å². The molecular weight excluding hydrogens is 367 g/mol. The van der Waals surface area contributed by atoms with Gasteiger partial charge in [0.15, 0.2) is 0 Å². The number of aromatic nitrogens is 3. The highest BCUT2D eigenvalue weighted by Crippen LogP contribution is 2.38. The van der Waals surface area contributed by atoms with Gasteiger partial charge in [0, 0.05) is 38.1 Å². The molecule has 0 saturated carbocycles. The predicted octanol–water partition coefficient (Wildman–Crippen LogP) is 2.21. The average Bonchev–Trinajstić information content (AvgIpc) is 3.21. The minimum atomic E-state index is -4.70. The number of nitrogens with zero attached hydrogens (tertiary/aromatic N) is 4. The van der Waals surface area contributed by atoms with Crippen LogP contribution < -0.4 is 5.32 Å². The average molecular weight is 383 g/mol. The lowest BCUT2D eigenvalue weighted by Crippen LogP contribution is -2.35. The van der Waals surface area contributed by atoms with Crippen molar-refractivity contribution in [2.24, 2.45) is 18.9 Å². The molecule has 8 nitrogen and oxygen atoms in total. The number of carboxylic acid groups (broad SMARTS) is 1. The molecule has 0 radical (unpaired) electrons. The minimum Gasteiger partial charge on any atom is -0.481 e. The van der Waals surface area contributed by atoms with Gasteiger partial charge in [-0.15, -0.1) is 0 Å². The number of rotatable bonds is 3. The highest BCUT2D eigenvalue weighted by molar-refractivity contribution is 5.94. The molecule has 0 aromatic carbocycles. The number of halogens is 3. The summed E-state index contributed by atoms with van der Waals surface area (Å²) in [5.74, 6) is -5.38. The maximum absolute atomic E-state index is 13.1. The zero-order chi connectivity index (χ0) is 19.8. The molecule has 0 aliphatic carbocycles. The molecule has 0 spiro atoms. The van der Waals surface area contributed by atoms with E-state index in [4.69, 9.17) is 5.11 Å². The van der Waals surface area contributed by atoms with Crippen molar-refractivity contribution in [2.45, 2.75) is 6.18 Å². The highest BCUT2D eigenvalue weighted by Gasteiger charge is 2.53. The highest BCUT2D eigenvalue weighted by atomic mass is 19.4. The second kappa shape index (κ2) is 6.89. The summed E-state index contributed by atoms with van der Waals surface area (Å²) in [6.45, 7) is -1.23. The molecular formula is C16H16F3N5O3. The smallest absolute Gasteiger partial charge is 0.394 e. The molecule has 1 aliphatic heterocycles. The summed E-state index contributed by atoms with van der Waals surface area (Å²) in [5, 5.41) is 15.6. The quantitative estimate of drug-likeness (QED) is 0.847. The first-order valence-corrected chi connectivity index (χ1v) is 7.96. The fourth-order valence-electron chi connectivity index (χ4n) is 3.03. The van der Waals surface area contributed by atoms with E-state index >= 15 is 0 Å². The first-order chi connectivity index (χ1) is 12.7. The zero-order valence-electron chi connectivity index (χ0n) is 14.1. The molecule has 3 rings (SSSR count). The van der Waals surface area contributed by atoms with Crippen LogP contribution in [-0.2, 0) is 11.8 Å². The number of pyridine rings is 1. The van der Waals surface area contributed by atoms with Gasteiger partial charge in [0.2, 0.25) is 0 Å². The van der Waals surface area contributed by atoms with Gasteiger partial charge in [-0.05, 0) is 12.1 Å². The van der Waals surface area contributed by atoms with Crippen LogP contribution >= 0.6 is 0 Å². The number of anilines is 1. The fourth-order valence-corrected chi connectivity index (χ4v) is 3.03. The van der Waals surface area contributed by atoms with Crippen LogP contribution in [0.5, 0.6) is 0 Å². The largest absolute Gasteiger partial charge is 0.481 e. The number of alkyl halides is 3. The normalized spacial score (nSPS) is 19.9. The van der Waals surface area contributed by atoms with Gasteiger partial charge in [-0.25, -0.2) is 4.79 Å². The van der Waals surface area contributed by atoms with Crippen molar-refractivity contribution in [3.63, 3.8) is 0 Å². The monoisotopic (exact) mass is 383 g/mol. The third kappa shape index (κ3) is 3.86. The number of urea groups is 1. The van der Waals surface area contributed by atoms with Crippen LogP contribution in [0.4, 0.5) is 23.7 Å². The third-order valence-corrected chi connectivity index (χ3v) is 4.37. The number of nitrogens with one attached hydrogen (secondary N) is 1. The molecule has 1 fully saturated rings. The van der Waals surface area contributed by atoms with Gasteiger partial charge >= 0.3 is 18.2 Å². The summed E-state index contributed by atoms with van der Waals surface area (Å²) in [6.07, 6.45) is 0.0171. The number of carbonyl (C=O) groups excluding carboxylic acids is 1. The molecule has 1 saturated heterocycles. The molecule has 2 aromatic heterocycles. The summed E-state index contributed by atoms with van der Waals surface area (Å²) in [4.78, 5) is 28.6. The number of aliphatic carboxylic acids is 1. The van der Waals surface area contributed by atoms with E-state index < -0.39 is 43.1 Å². The van der Waals surface area contributed by atoms with Crippen LogP contribution in [0.1, 0.15) is 0 Å². The summed E-state index contributed by atoms with van der Waals surface area (Å²) < 4.78 is 40.8. The Hall–Kier alpha value is -3.11. The van der Waals surface area contributed by atoms with Crippen molar-refractivity contribution in [2.75, 3.05) is 18.4 Å². The van der Waals surface area contributed by atoms with Gasteiger partial charge in [-0.1, -0.05) is 0 Å². The van der Waals surface area contributed by atoms with Crippen LogP contribution in [0.15, 0.2) is 30.7 Å². The summed E-state index contributed by atoms with van der Waals surface area (Å²) in [5.41, 5.74) is 1.31. The van der Waals surface area contributed by atoms with Crippen LogP contribution in [-0.4, -0.2) is 56.0 Å². The topological polar surface area (TPSA) is 100 Å². The molecule has 1 aliphatic rings. The number of likely N-dealkylation sites (tertiary alicyclic amines) is 1. The first kappa shape index (κ1) is 18.7. The van der Waals surface area contributed by atoms with E-state index in [-0.39, 0.29) is 5.69 Å². The van der Waals surface area contributed by atoms with Gasteiger partial charge in [0.05, 0.1) is 29.4 Å². The van der Waals surface area contributed by atoms with Gasteiger partial charge in [-0.3, -0.25) is 14.5 Å². The molecule has 11 heteroatoms. The van der Waals surface area contributed by atoms with E-state index in [9.17, 15) is 22.8 Å². The molecule has 0 unspecified atom stereocenters. The number of aryl methyl sites for hydroxylation is 1. The lowest BCUT2D eigenvalue weighted by molar-refractivity contribution is -0.187. The first-order valence-electron chi connectivity index (χ1n) is 7.96. The predicted molar refractivity (Wildman–Crippen MR) is 87.7 cm³/mol. The summed E-state index contributed by atoms with van der Waals surface area (Å²) in [6, 6.07) is 2.31. The molecule has 2 atom stereocenters. The number of carbonyl (C=O) groups is 2. The lowest BCUT2D eigenvalue weighted by atomic mass is 9.96. The Bertz CT molecular complexity index is 867. The number of amides is 2. The number of carboxylic acids is 1. The van der Waals surface area contributed by atoms with Crippen molar-refractivity contribution in [1.82, 2.24) is 19.7 Å². The Morgan fingerprint density at radius 2 is 2.07 bits per heavy atom. The lowest BCUT2D eigenvalue weighted by Gasteiger charge is -2.19. The second-order valence-corrected chi connectivity index (χ2v) is 6.23. The van der Waals surface area contributed by atoms with Crippen molar-refractivity contribution in [3.05, 3.63) is 30.7 Å². The third-order valence-electron chi connectivity index (χ3n) is 4.37. The van der Waals surface area contributed by atoms with Gasteiger partial charge in [0.25, 0.3) is 0 Å². The Morgan fingerprint density at radius 3 is 2.63 bits per heavy atom. The Morgan fingerprint density at radius 1 is 1.33 bits per heavy atom. The molecule has 3 heterocycles. The van der Waals surface area contributed by atoms with Gasteiger partial charge < -0.3 is 15.3 Å². The maximum Gasteiger partial charge on any atom is 0.394 e. The SMILES string of the molecule is Cn1cc(-c2ncccc2NC(=O)N2C[C@@H](C(F)(F)F)[C@H](C(=O)O)C2)cn1. The molecule has 2 aromatic rings. The molecule has 2 amide bonds. The number of hydrogen-bond donors (Lipinski definition) is 2. The van der Waals surface area contributed by atoms with Crippen molar-refractivity contribution in [3.8, 4) is 11.3 Å². The van der Waals surface area contributed by atoms with Crippen LogP contribution in [0.2, 0.25) is 0 Å². The standard InChI is InChI=1S/C16H16F3N5O3/c1-23-6-9(5-21-23)13-12(3-2-4-20-13)22-15(27)24-7-10(14(25)26)11(8-24)16(17,18)19/h2-6,10-11H,7-8H2,1H3,(H,22,27)(H,25,26)/t10-,11-/m1/s1.